The fraction of sp³-hybridized carbons (Fsp3) is 0.611. The first-order chi connectivity index (χ1) is 10.7. The Morgan fingerprint density at radius 3 is 2.70 bits per heavy atom. The highest BCUT2D eigenvalue weighted by Gasteiger charge is 2.48. The van der Waals surface area contributed by atoms with Gasteiger partial charge < -0.3 is 20.1 Å². The van der Waals surface area contributed by atoms with Crippen LogP contribution in [0, 0.1) is 19.3 Å². The normalized spacial score (nSPS) is 23.7. The number of benzene rings is 1. The third kappa shape index (κ3) is 3.51. The summed E-state index contributed by atoms with van der Waals surface area (Å²) < 4.78 is 5.17. The number of aryl methyl sites for hydroxylation is 1. The minimum Gasteiger partial charge on any atom is -0.387 e. The van der Waals surface area contributed by atoms with Gasteiger partial charge >= 0.3 is 6.03 Å². The van der Waals surface area contributed by atoms with Gasteiger partial charge in [0.1, 0.15) is 0 Å². The van der Waals surface area contributed by atoms with Gasteiger partial charge in [0.2, 0.25) is 0 Å². The van der Waals surface area contributed by atoms with Crippen molar-refractivity contribution in [3.63, 3.8) is 0 Å². The molecule has 5 heteroatoms. The van der Waals surface area contributed by atoms with Crippen LogP contribution in [0.1, 0.15) is 31.4 Å². The topological polar surface area (TPSA) is 61.8 Å². The monoisotopic (exact) mass is 320 g/mol. The Labute approximate surface area is 138 Å². The molecule has 1 fully saturated rings. The van der Waals surface area contributed by atoms with Crippen LogP contribution in [0.25, 0.3) is 0 Å². The number of nitrogens with zero attached hydrogens (tertiary/aromatic N) is 1. The predicted molar refractivity (Wildman–Crippen MR) is 91.7 cm³/mol. The van der Waals surface area contributed by atoms with Crippen molar-refractivity contribution in [2.24, 2.45) is 5.41 Å². The number of hydrogen-bond donors (Lipinski definition) is 2. The molecule has 0 spiro atoms. The van der Waals surface area contributed by atoms with Gasteiger partial charge in [-0.1, -0.05) is 26.0 Å². The van der Waals surface area contributed by atoms with Crippen LogP contribution in [0.3, 0.4) is 0 Å². The number of piperidine rings is 1. The lowest BCUT2D eigenvalue weighted by Gasteiger charge is -2.49. The van der Waals surface area contributed by atoms with Crippen molar-refractivity contribution in [1.82, 2.24) is 4.90 Å². The number of carbonyl (C=O) groups is 1. The van der Waals surface area contributed by atoms with Crippen LogP contribution in [0.5, 0.6) is 0 Å². The van der Waals surface area contributed by atoms with E-state index in [0.717, 1.165) is 16.8 Å². The molecule has 0 unspecified atom stereocenters. The molecule has 1 saturated heterocycles. The van der Waals surface area contributed by atoms with Crippen molar-refractivity contribution in [1.29, 1.82) is 0 Å². The van der Waals surface area contributed by atoms with E-state index in [2.05, 4.69) is 5.32 Å². The Morgan fingerprint density at radius 1 is 1.39 bits per heavy atom. The molecule has 1 aliphatic heterocycles. The molecule has 2 rings (SSSR count). The van der Waals surface area contributed by atoms with E-state index in [1.165, 1.54) is 0 Å². The van der Waals surface area contributed by atoms with Crippen molar-refractivity contribution in [3.05, 3.63) is 29.3 Å². The molecule has 2 N–H and O–H groups in total. The van der Waals surface area contributed by atoms with E-state index in [-0.39, 0.29) is 12.6 Å². The smallest absolute Gasteiger partial charge is 0.321 e. The van der Waals surface area contributed by atoms with Gasteiger partial charge in [-0.15, -0.1) is 0 Å². The molecule has 23 heavy (non-hydrogen) atoms. The van der Waals surface area contributed by atoms with Gasteiger partial charge in [-0.2, -0.15) is 0 Å². The van der Waals surface area contributed by atoms with Crippen LogP contribution >= 0.6 is 0 Å². The molecule has 5 nitrogen and oxygen atoms in total. The number of amides is 2. The minimum atomic E-state index is -0.905. The first-order valence-corrected chi connectivity index (χ1v) is 8.04. The highest BCUT2D eigenvalue weighted by molar-refractivity contribution is 5.90. The van der Waals surface area contributed by atoms with Gasteiger partial charge in [0.15, 0.2) is 0 Å². The van der Waals surface area contributed by atoms with E-state index in [0.29, 0.717) is 19.5 Å². The number of hydrogen-bond acceptors (Lipinski definition) is 3. The number of urea groups is 1. The van der Waals surface area contributed by atoms with Gasteiger partial charge in [0, 0.05) is 31.3 Å². The molecule has 0 aliphatic carbocycles. The fourth-order valence-electron chi connectivity index (χ4n) is 3.12. The number of nitrogens with one attached hydrogen (secondary N) is 1. The van der Waals surface area contributed by atoms with E-state index in [1.54, 1.807) is 12.0 Å². The zero-order valence-electron chi connectivity index (χ0n) is 14.8. The van der Waals surface area contributed by atoms with Gasteiger partial charge in [0.05, 0.1) is 12.2 Å². The summed E-state index contributed by atoms with van der Waals surface area (Å²) in [6.45, 7) is 9.27. The first-order valence-electron chi connectivity index (χ1n) is 8.04. The molecule has 1 aromatic rings. The van der Waals surface area contributed by atoms with E-state index in [1.807, 2.05) is 45.9 Å². The zero-order valence-corrected chi connectivity index (χ0v) is 14.8. The van der Waals surface area contributed by atoms with Crippen LogP contribution < -0.4 is 5.32 Å². The van der Waals surface area contributed by atoms with Gasteiger partial charge in [-0.25, -0.2) is 4.79 Å². The molecular formula is C18H28N2O3. The average Bonchev–Trinajstić information content (AvgIpc) is 2.47. The van der Waals surface area contributed by atoms with E-state index >= 15 is 0 Å². The Balaban J connectivity index is 2.09. The maximum atomic E-state index is 12.6. The molecule has 0 saturated carbocycles. The summed E-state index contributed by atoms with van der Waals surface area (Å²) in [4.78, 5) is 14.4. The quantitative estimate of drug-likeness (QED) is 0.900. The van der Waals surface area contributed by atoms with Gasteiger partial charge in [0.25, 0.3) is 0 Å². The van der Waals surface area contributed by atoms with Crippen LogP contribution in [0.2, 0.25) is 0 Å². The van der Waals surface area contributed by atoms with Crippen LogP contribution in [-0.4, -0.2) is 48.4 Å². The number of carbonyl (C=O) groups excluding carboxylic acids is 1. The number of anilines is 1. The van der Waals surface area contributed by atoms with Crippen molar-refractivity contribution in [2.45, 2.75) is 39.7 Å². The Morgan fingerprint density at radius 2 is 2.09 bits per heavy atom. The van der Waals surface area contributed by atoms with E-state index in [4.69, 9.17) is 4.74 Å². The molecular weight excluding hydrogens is 292 g/mol. The van der Waals surface area contributed by atoms with Crippen LogP contribution in [-0.2, 0) is 4.74 Å². The van der Waals surface area contributed by atoms with Crippen LogP contribution in [0.4, 0.5) is 10.5 Å². The number of rotatable bonds is 3. The second-order valence-corrected chi connectivity index (χ2v) is 7.20. The summed E-state index contributed by atoms with van der Waals surface area (Å²) >= 11 is 0. The highest BCUT2D eigenvalue weighted by Crippen LogP contribution is 2.39. The summed E-state index contributed by atoms with van der Waals surface area (Å²) in [6.07, 6.45) is 0.508. The van der Waals surface area contributed by atoms with Crippen molar-refractivity contribution >= 4 is 11.7 Å². The molecule has 1 aliphatic rings. The number of methoxy groups -OCH3 is 1. The molecule has 0 aromatic heterocycles. The molecule has 0 bridgehead atoms. The zero-order chi connectivity index (χ0) is 17.3. The second-order valence-electron chi connectivity index (χ2n) is 7.20. The second kappa shape index (κ2) is 6.49. The third-order valence-corrected chi connectivity index (χ3v) is 5.16. The molecule has 1 aromatic carbocycles. The molecule has 1 heterocycles. The average molecular weight is 320 g/mol. The SMILES string of the molecule is COC[C@]1(O)CCN(C(=O)Nc2cccc(C)c2C)CC1(C)C. The summed E-state index contributed by atoms with van der Waals surface area (Å²) in [7, 11) is 1.59. The predicted octanol–water partition coefficient (Wildman–Crippen LogP) is 2.94. The van der Waals surface area contributed by atoms with Crippen molar-refractivity contribution in [2.75, 3.05) is 32.1 Å². The summed E-state index contributed by atoms with van der Waals surface area (Å²) in [6, 6.07) is 5.76. The Kier molecular flexibility index (Phi) is 5.01. The lowest BCUT2D eigenvalue weighted by Crippen LogP contribution is -2.61. The fourth-order valence-corrected chi connectivity index (χ4v) is 3.12. The number of likely N-dealkylation sites (tertiary alicyclic amines) is 1. The van der Waals surface area contributed by atoms with E-state index < -0.39 is 11.0 Å². The van der Waals surface area contributed by atoms with Crippen molar-refractivity contribution < 1.29 is 14.6 Å². The highest BCUT2D eigenvalue weighted by atomic mass is 16.5. The summed E-state index contributed by atoms with van der Waals surface area (Å²) in [5.41, 5.74) is 1.73. The summed E-state index contributed by atoms with van der Waals surface area (Å²) in [5, 5.41) is 13.8. The lowest BCUT2D eigenvalue weighted by atomic mass is 9.70. The molecule has 0 radical (unpaired) electrons. The Bertz CT molecular complexity index is 586. The Hall–Kier alpha value is -1.59. The van der Waals surface area contributed by atoms with E-state index in [9.17, 15) is 9.90 Å². The standard InChI is InChI=1S/C18H28N2O3/c1-13-7-6-8-15(14(13)2)19-16(21)20-10-9-18(22,12-23-5)17(3,4)11-20/h6-8,22H,9-12H2,1-5H3,(H,19,21)/t18-/m1/s1. The number of ether oxygens (including phenoxy) is 1. The van der Waals surface area contributed by atoms with Crippen molar-refractivity contribution in [3.8, 4) is 0 Å². The minimum absolute atomic E-state index is 0.119. The maximum absolute atomic E-state index is 12.6. The molecule has 2 amide bonds. The van der Waals surface area contributed by atoms with Gasteiger partial charge in [-0.05, 0) is 37.5 Å². The summed E-state index contributed by atoms with van der Waals surface area (Å²) in [5.74, 6) is 0. The third-order valence-electron chi connectivity index (χ3n) is 5.16. The number of aliphatic hydroxyl groups is 1. The maximum Gasteiger partial charge on any atom is 0.321 e. The molecule has 1 atom stereocenters. The first kappa shape index (κ1) is 17.8. The van der Waals surface area contributed by atoms with Gasteiger partial charge in [-0.3, -0.25) is 0 Å². The van der Waals surface area contributed by atoms with Crippen LogP contribution in [0.15, 0.2) is 18.2 Å². The lowest BCUT2D eigenvalue weighted by molar-refractivity contribution is -0.143. The molecule has 128 valence electrons. The largest absolute Gasteiger partial charge is 0.387 e.